The van der Waals surface area contributed by atoms with E-state index in [1.807, 2.05) is 0 Å². The zero-order valence-corrected chi connectivity index (χ0v) is 7.02. The molecule has 0 aliphatic carbocycles. The van der Waals surface area contributed by atoms with E-state index in [4.69, 9.17) is 9.47 Å². The van der Waals surface area contributed by atoms with Gasteiger partial charge in [0.05, 0.1) is 12.2 Å². The molecule has 0 radical (unpaired) electrons. The van der Waals surface area contributed by atoms with E-state index in [0.717, 1.165) is 19.6 Å². The number of hydrogen-bond acceptors (Lipinski definition) is 2. The number of epoxide rings is 1. The molecule has 1 heterocycles. The summed E-state index contributed by atoms with van der Waals surface area (Å²) in [5, 5.41) is 0. The molecule has 60 valence electrons. The van der Waals surface area contributed by atoms with Gasteiger partial charge in [0.25, 0.3) is 0 Å². The highest BCUT2D eigenvalue weighted by Crippen LogP contribution is 2.35. The van der Waals surface area contributed by atoms with E-state index in [1.54, 1.807) is 0 Å². The normalized spacial score (nSPS) is 28.5. The van der Waals surface area contributed by atoms with Crippen molar-refractivity contribution in [3.05, 3.63) is 0 Å². The molecule has 1 atom stereocenters. The van der Waals surface area contributed by atoms with Gasteiger partial charge in [-0.1, -0.05) is 6.92 Å². The Morgan fingerprint density at radius 3 is 2.50 bits per heavy atom. The van der Waals surface area contributed by atoms with Crippen LogP contribution in [-0.2, 0) is 9.47 Å². The third-order valence-corrected chi connectivity index (χ3v) is 1.78. The monoisotopic (exact) mass is 144 g/mol. The molecule has 0 N–H and O–H groups in total. The van der Waals surface area contributed by atoms with Gasteiger partial charge in [-0.2, -0.15) is 0 Å². The Balaban J connectivity index is 1.97. The fraction of sp³-hybridized carbons (Fsp3) is 1.00. The van der Waals surface area contributed by atoms with E-state index in [1.165, 1.54) is 0 Å². The van der Waals surface area contributed by atoms with Gasteiger partial charge >= 0.3 is 0 Å². The van der Waals surface area contributed by atoms with Gasteiger partial charge in [-0.05, 0) is 20.3 Å². The standard InChI is InChI=1S/C8H16O2/c1-4-5-9-6-7-8(2,3)10-7/h7H,4-6H2,1-3H3. The molecule has 0 spiro atoms. The minimum absolute atomic E-state index is 0.0910. The van der Waals surface area contributed by atoms with Crippen LogP contribution in [0, 0.1) is 0 Å². The van der Waals surface area contributed by atoms with Crippen molar-refractivity contribution in [2.45, 2.75) is 38.9 Å². The lowest BCUT2D eigenvalue weighted by Crippen LogP contribution is -2.10. The Hall–Kier alpha value is -0.0800. The van der Waals surface area contributed by atoms with Gasteiger partial charge in [-0.3, -0.25) is 0 Å². The molecule has 1 rings (SSSR count). The van der Waals surface area contributed by atoms with Crippen LogP contribution in [0.15, 0.2) is 0 Å². The minimum atomic E-state index is 0.0910. The Kier molecular flexibility index (Phi) is 2.32. The quantitative estimate of drug-likeness (QED) is 0.441. The molecule has 0 saturated carbocycles. The smallest absolute Gasteiger partial charge is 0.110 e. The Labute approximate surface area is 62.5 Å². The summed E-state index contributed by atoms with van der Waals surface area (Å²) in [6, 6.07) is 0. The van der Waals surface area contributed by atoms with Gasteiger partial charge in [0.1, 0.15) is 6.10 Å². The van der Waals surface area contributed by atoms with Gasteiger partial charge < -0.3 is 9.47 Å². The van der Waals surface area contributed by atoms with Gasteiger partial charge in [0.2, 0.25) is 0 Å². The maximum absolute atomic E-state index is 5.33. The number of rotatable bonds is 4. The van der Waals surface area contributed by atoms with Crippen molar-refractivity contribution in [3.63, 3.8) is 0 Å². The highest BCUT2D eigenvalue weighted by Gasteiger charge is 2.47. The molecule has 2 heteroatoms. The first-order chi connectivity index (χ1) is 4.67. The molecule has 0 amide bonds. The van der Waals surface area contributed by atoms with Crippen molar-refractivity contribution in [1.82, 2.24) is 0 Å². The van der Waals surface area contributed by atoms with Gasteiger partial charge in [-0.25, -0.2) is 0 Å². The van der Waals surface area contributed by atoms with Crippen molar-refractivity contribution < 1.29 is 9.47 Å². The maximum atomic E-state index is 5.33. The van der Waals surface area contributed by atoms with E-state index in [0.29, 0.717) is 6.10 Å². The summed E-state index contributed by atoms with van der Waals surface area (Å²) in [5.41, 5.74) is 0.0910. The lowest BCUT2D eigenvalue weighted by Gasteiger charge is -1.98. The van der Waals surface area contributed by atoms with Crippen molar-refractivity contribution in [3.8, 4) is 0 Å². The Morgan fingerprint density at radius 1 is 1.50 bits per heavy atom. The second-order valence-corrected chi connectivity index (χ2v) is 3.28. The first-order valence-electron chi connectivity index (χ1n) is 3.92. The second-order valence-electron chi connectivity index (χ2n) is 3.28. The Bertz CT molecular complexity index is 110. The summed E-state index contributed by atoms with van der Waals surface area (Å²) in [4.78, 5) is 0. The molecule has 2 nitrogen and oxygen atoms in total. The topological polar surface area (TPSA) is 21.8 Å². The van der Waals surface area contributed by atoms with E-state index in [9.17, 15) is 0 Å². The van der Waals surface area contributed by atoms with Crippen molar-refractivity contribution >= 4 is 0 Å². The molecule has 10 heavy (non-hydrogen) atoms. The third-order valence-electron chi connectivity index (χ3n) is 1.78. The minimum Gasteiger partial charge on any atom is -0.379 e. The molecule has 0 aromatic heterocycles. The average Bonchev–Trinajstić information content (AvgIpc) is 2.41. The molecular formula is C8H16O2. The first kappa shape index (κ1) is 8.02. The van der Waals surface area contributed by atoms with Crippen LogP contribution in [0.2, 0.25) is 0 Å². The predicted octanol–water partition coefficient (Wildman–Crippen LogP) is 1.59. The van der Waals surface area contributed by atoms with Gasteiger partial charge in [0, 0.05) is 6.61 Å². The van der Waals surface area contributed by atoms with Crippen LogP contribution >= 0.6 is 0 Å². The zero-order chi connectivity index (χ0) is 7.61. The van der Waals surface area contributed by atoms with Crippen LogP contribution in [0.25, 0.3) is 0 Å². The van der Waals surface area contributed by atoms with E-state index in [2.05, 4.69) is 20.8 Å². The predicted molar refractivity (Wildman–Crippen MR) is 40.1 cm³/mol. The second kappa shape index (κ2) is 2.89. The third kappa shape index (κ3) is 1.96. The summed E-state index contributed by atoms with van der Waals surface area (Å²) < 4.78 is 10.6. The largest absolute Gasteiger partial charge is 0.379 e. The van der Waals surface area contributed by atoms with Crippen molar-refractivity contribution in [2.75, 3.05) is 13.2 Å². The fourth-order valence-corrected chi connectivity index (χ4v) is 0.902. The average molecular weight is 144 g/mol. The van der Waals surface area contributed by atoms with Crippen LogP contribution in [0.3, 0.4) is 0 Å². The summed E-state index contributed by atoms with van der Waals surface area (Å²) in [6.45, 7) is 7.91. The highest BCUT2D eigenvalue weighted by atomic mass is 16.6. The van der Waals surface area contributed by atoms with Crippen molar-refractivity contribution in [1.29, 1.82) is 0 Å². The fourth-order valence-electron chi connectivity index (χ4n) is 0.902. The summed E-state index contributed by atoms with van der Waals surface area (Å²) in [7, 11) is 0. The van der Waals surface area contributed by atoms with E-state index >= 15 is 0 Å². The van der Waals surface area contributed by atoms with Crippen LogP contribution in [0.4, 0.5) is 0 Å². The van der Waals surface area contributed by atoms with Crippen LogP contribution in [0.5, 0.6) is 0 Å². The van der Waals surface area contributed by atoms with Gasteiger partial charge in [0.15, 0.2) is 0 Å². The molecule has 1 saturated heterocycles. The van der Waals surface area contributed by atoms with Crippen LogP contribution in [-0.4, -0.2) is 24.9 Å². The van der Waals surface area contributed by atoms with Crippen LogP contribution < -0.4 is 0 Å². The molecule has 0 aromatic carbocycles. The van der Waals surface area contributed by atoms with E-state index in [-0.39, 0.29) is 5.60 Å². The summed E-state index contributed by atoms with van der Waals surface area (Å²) >= 11 is 0. The Morgan fingerprint density at radius 2 is 2.10 bits per heavy atom. The summed E-state index contributed by atoms with van der Waals surface area (Å²) in [6.07, 6.45) is 1.44. The molecule has 1 unspecified atom stereocenters. The van der Waals surface area contributed by atoms with E-state index < -0.39 is 0 Å². The lowest BCUT2D eigenvalue weighted by atomic mass is 10.1. The summed E-state index contributed by atoms with van der Waals surface area (Å²) in [5.74, 6) is 0. The lowest BCUT2D eigenvalue weighted by molar-refractivity contribution is 0.117. The molecular weight excluding hydrogens is 128 g/mol. The number of ether oxygens (including phenoxy) is 2. The highest BCUT2D eigenvalue weighted by molar-refractivity contribution is 4.94. The molecule has 0 bridgehead atoms. The van der Waals surface area contributed by atoms with Crippen molar-refractivity contribution in [2.24, 2.45) is 0 Å². The molecule has 0 aromatic rings. The van der Waals surface area contributed by atoms with Crippen LogP contribution in [0.1, 0.15) is 27.2 Å². The SMILES string of the molecule is CCCOCC1OC1(C)C. The first-order valence-corrected chi connectivity index (χ1v) is 3.92. The van der Waals surface area contributed by atoms with Gasteiger partial charge in [-0.15, -0.1) is 0 Å². The maximum Gasteiger partial charge on any atom is 0.110 e. The molecule has 1 fully saturated rings. The number of hydrogen-bond donors (Lipinski definition) is 0. The zero-order valence-electron chi connectivity index (χ0n) is 7.02. The molecule has 1 aliphatic rings. The molecule has 1 aliphatic heterocycles.